The number of hydrogen-bond acceptors (Lipinski definition) is 5. The molecule has 1 N–H and O–H groups in total. The molecule has 4 rings (SSSR count). The summed E-state index contributed by atoms with van der Waals surface area (Å²) in [6, 6.07) is 5.92. The summed E-state index contributed by atoms with van der Waals surface area (Å²) in [7, 11) is 0. The summed E-state index contributed by atoms with van der Waals surface area (Å²) in [4.78, 5) is 27.7. The minimum absolute atomic E-state index is 0.0223. The van der Waals surface area contributed by atoms with Crippen molar-refractivity contribution in [3.63, 3.8) is 0 Å². The maximum absolute atomic E-state index is 12.5. The molecule has 3 aromatic heterocycles. The Morgan fingerprint density at radius 2 is 2.12 bits per heavy atom. The van der Waals surface area contributed by atoms with Gasteiger partial charge in [0.25, 0.3) is 0 Å². The van der Waals surface area contributed by atoms with E-state index < -0.39 is 0 Å². The monoisotopic (exact) mass is 350 g/mol. The number of aryl methyl sites for hydroxylation is 1. The molecule has 134 valence electrons. The van der Waals surface area contributed by atoms with Gasteiger partial charge in [0.05, 0.1) is 12.1 Å². The third kappa shape index (κ3) is 3.37. The summed E-state index contributed by atoms with van der Waals surface area (Å²) in [5.41, 5.74) is 2.91. The molecule has 0 radical (unpaired) electrons. The quantitative estimate of drug-likeness (QED) is 0.776. The number of nitrogens with one attached hydrogen (secondary N) is 1. The Morgan fingerprint density at radius 1 is 1.27 bits per heavy atom. The van der Waals surface area contributed by atoms with E-state index in [0.29, 0.717) is 6.42 Å². The van der Waals surface area contributed by atoms with E-state index in [4.69, 9.17) is 0 Å². The highest BCUT2D eigenvalue weighted by Gasteiger charge is 2.23. The predicted octanol–water partition coefficient (Wildman–Crippen LogP) is 1.76. The lowest BCUT2D eigenvalue weighted by molar-refractivity contribution is -0.121. The minimum atomic E-state index is 0.0223. The first kappa shape index (κ1) is 16.5. The summed E-state index contributed by atoms with van der Waals surface area (Å²) < 4.78 is 1.99. The fourth-order valence-electron chi connectivity index (χ4n) is 3.51. The van der Waals surface area contributed by atoms with Gasteiger partial charge < -0.3 is 14.6 Å². The molecule has 1 saturated heterocycles. The number of rotatable bonds is 4. The zero-order valence-corrected chi connectivity index (χ0v) is 14.8. The first-order chi connectivity index (χ1) is 12.7. The first-order valence-electron chi connectivity index (χ1n) is 8.93. The van der Waals surface area contributed by atoms with Crippen LogP contribution in [0, 0.1) is 6.92 Å². The Kier molecular flexibility index (Phi) is 4.51. The molecule has 7 heteroatoms. The number of piperidine rings is 1. The summed E-state index contributed by atoms with van der Waals surface area (Å²) >= 11 is 0. The molecule has 1 amide bonds. The molecule has 0 aliphatic carbocycles. The van der Waals surface area contributed by atoms with Crippen molar-refractivity contribution in [3.8, 4) is 0 Å². The Hall–Kier alpha value is -2.96. The molecule has 0 unspecified atom stereocenters. The van der Waals surface area contributed by atoms with Crippen molar-refractivity contribution in [1.29, 1.82) is 0 Å². The highest BCUT2D eigenvalue weighted by atomic mass is 16.1. The zero-order valence-electron chi connectivity index (χ0n) is 14.8. The van der Waals surface area contributed by atoms with Gasteiger partial charge in [0, 0.05) is 43.9 Å². The van der Waals surface area contributed by atoms with Gasteiger partial charge >= 0.3 is 0 Å². The fourth-order valence-corrected chi connectivity index (χ4v) is 3.51. The van der Waals surface area contributed by atoms with Gasteiger partial charge in [-0.2, -0.15) is 0 Å². The van der Waals surface area contributed by atoms with Gasteiger partial charge in [0.2, 0.25) is 11.9 Å². The maximum atomic E-state index is 12.5. The third-order valence-corrected chi connectivity index (χ3v) is 4.77. The van der Waals surface area contributed by atoms with Crippen molar-refractivity contribution >= 4 is 17.5 Å². The van der Waals surface area contributed by atoms with Crippen molar-refractivity contribution in [2.75, 3.05) is 18.0 Å². The molecule has 0 saturated carbocycles. The number of pyridine rings is 1. The second kappa shape index (κ2) is 7.11. The molecule has 3 aromatic rings. The molecular weight excluding hydrogens is 328 g/mol. The number of imidazole rings is 1. The zero-order chi connectivity index (χ0) is 17.9. The Labute approximate surface area is 152 Å². The normalized spacial score (nSPS) is 17.4. The number of nitrogens with zero attached hydrogens (tertiary/aromatic N) is 5. The van der Waals surface area contributed by atoms with Gasteiger partial charge in [-0.25, -0.2) is 15.0 Å². The Morgan fingerprint density at radius 3 is 2.96 bits per heavy atom. The van der Waals surface area contributed by atoms with Crippen molar-refractivity contribution in [2.45, 2.75) is 32.2 Å². The maximum Gasteiger partial charge on any atom is 0.226 e. The first-order valence-corrected chi connectivity index (χ1v) is 8.93. The molecule has 1 atom stereocenters. The van der Waals surface area contributed by atoms with Crippen molar-refractivity contribution in [1.82, 2.24) is 24.7 Å². The van der Waals surface area contributed by atoms with E-state index in [1.54, 1.807) is 18.6 Å². The van der Waals surface area contributed by atoms with Gasteiger partial charge in [-0.05, 0) is 37.5 Å². The molecule has 0 aromatic carbocycles. The summed E-state index contributed by atoms with van der Waals surface area (Å²) in [5, 5.41) is 3.16. The van der Waals surface area contributed by atoms with Crippen LogP contribution in [0.1, 0.15) is 24.1 Å². The van der Waals surface area contributed by atoms with Crippen LogP contribution < -0.4 is 10.2 Å². The fraction of sp³-hybridized carbons (Fsp3) is 0.368. The van der Waals surface area contributed by atoms with Crippen LogP contribution in [-0.2, 0) is 11.2 Å². The summed E-state index contributed by atoms with van der Waals surface area (Å²) in [5.74, 6) is 0.748. The number of carbonyl (C=O) groups is 1. The van der Waals surface area contributed by atoms with E-state index in [1.807, 2.05) is 35.7 Å². The highest BCUT2D eigenvalue weighted by molar-refractivity contribution is 5.78. The van der Waals surface area contributed by atoms with Gasteiger partial charge in [-0.1, -0.05) is 6.07 Å². The van der Waals surface area contributed by atoms with Crippen LogP contribution in [0.25, 0.3) is 5.65 Å². The van der Waals surface area contributed by atoms with Crippen LogP contribution in [0.5, 0.6) is 0 Å². The van der Waals surface area contributed by atoms with E-state index in [1.165, 1.54) is 0 Å². The molecule has 26 heavy (non-hydrogen) atoms. The number of anilines is 1. The van der Waals surface area contributed by atoms with Gasteiger partial charge in [-0.3, -0.25) is 4.79 Å². The third-order valence-electron chi connectivity index (χ3n) is 4.77. The van der Waals surface area contributed by atoms with Gasteiger partial charge in [0.1, 0.15) is 5.65 Å². The van der Waals surface area contributed by atoms with Gasteiger partial charge in [-0.15, -0.1) is 0 Å². The van der Waals surface area contributed by atoms with E-state index in [9.17, 15) is 4.79 Å². The number of amides is 1. The van der Waals surface area contributed by atoms with E-state index in [-0.39, 0.29) is 11.9 Å². The lowest BCUT2D eigenvalue weighted by Crippen LogP contribution is -2.48. The lowest BCUT2D eigenvalue weighted by atomic mass is 10.1. The van der Waals surface area contributed by atoms with E-state index in [2.05, 4.69) is 25.2 Å². The van der Waals surface area contributed by atoms with Crippen LogP contribution in [0.15, 0.2) is 43.0 Å². The van der Waals surface area contributed by atoms with Crippen LogP contribution in [0.2, 0.25) is 0 Å². The molecule has 1 aliphatic heterocycles. The molecule has 1 fully saturated rings. The van der Waals surface area contributed by atoms with Crippen LogP contribution in [-0.4, -0.2) is 44.4 Å². The largest absolute Gasteiger partial charge is 0.351 e. The molecule has 1 aliphatic rings. The Bertz CT molecular complexity index is 907. The van der Waals surface area contributed by atoms with Crippen molar-refractivity contribution in [2.24, 2.45) is 0 Å². The summed E-state index contributed by atoms with van der Waals surface area (Å²) in [6.45, 7) is 3.68. The second-order valence-corrected chi connectivity index (χ2v) is 6.71. The van der Waals surface area contributed by atoms with Crippen molar-refractivity contribution in [3.05, 3.63) is 54.2 Å². The molecule has 0 bridgehead atoms. The highest BCUT2D eigenvalue weighted by Crippen LogP contribution is 2.16. The topological polar surface area (TPSA) is 75.4 Å². The minimum Gasteiger partial charge on any atom is -0.351 e. The molecule has 7 nitrogen and oxygen atoms in total. The molecule has 4 heterocycles. The standard InChI is InChI=1S/C19H22N6O/c1-14-5-2-10-25-16(12-22-18(14)25)11-17(26)23-15-6-3-9-24(13-15)19-20-7-4-8-21-19/h2,4-5,7-8,10,12,15H,3,6,9,11,13H2,1H3,(H,23,26)/t15-/m1/s1. The lowest BCUT2D eigenvalue weighted by Gasteiger charge is -2.33. The average Bonchev–Trinajstić information content (AvgIpc) is 3.07. The van der Waals surface area contributed by atoms with Crippen LogP contribution >= 0.6 is 0 Å². The molecule has 0 spiro atoms. The number of aromatic nitrogens is 4. The van der Waals surface area contributed by atoms with Crippen LogP contribution in [0.4, 0.5) is 5.95 Å². The van der Waals surface area contributed by atoms with E-state index in [0.717, 1.165) is 48.8 Å². The smallest absolute Gasteiger partial charge is 0.226 e. The van der Waals surface area contributed by atoms with Gasteiger partial charge in [0.15, 0.2) is 0 Å². The van der Waals surface area contributed by atoms with Crippen LogP contribution in [0.3, 0.4) is 0 Å². The van der Waals surface area contributed by atoms with E-state index >= 15 is 0 Å². The SMILES string of the molecule is Cc1cccn2c(CC(=O)N[C@@H]3CCCN(c4ncccn4)C3)cnc12. The average molecular weight is 350 g/mol. The Balaban J connectivity index is 1.40. The number of carbonyl (C=O) groups excluding carboxylic acids is 1. The second-order valence-electron chi connectivity index (χ2n) is 6.71. The van der Waals surface area contributed by atoms with Crippen molar-refractivity contribution < 1.29 is 4.79 Å². The molecular formula is C19H22N6O. The number of fused-ring (bicyclic) bond motifs is 1. The number of hydrogen-bond donors (Lipinski definition) is 1. The summed E-state index contributed by atoms with van der Waals surface area (Å²) in [6.07, 6.45) is 9.54. The predicted molar refractivity (Wildman–Crippen MR) is 99.0 cm³/mol.